The summed E-state index contributed by atoms with van der Waals surface area (Å²) in [6, 6.07) is 10.8. The summed E-state index contributed by atoms with van der Waals surface area (Å²) in [4.78, 5) is 14.9. The van der Waals surface area contributed by atoms with E-state index in [1.807, 2.05) is 24.3 Å². The summed E-state index contributed by atoms with van der Waals surface area (Å²) in [5.41, 5.74) is 1.89. The molecule has 0 aromatic heterocycles. The summed E-state index contributed by atoms with van der Waals surface area (Å²) in [6.07, 6.45) is 1.71. The van der Waals surface area contributed by atoms with Crippen LogP contribution < -0.4 is 4.74 Å². The van der Waals surface area contributed by atoms with Crippen LogP contribution in [0.1, 0.15) is 21.5 Å². The van der Waals surface area contributed by atoms with Gasteiger partial charge in [-0.15, -0.1) is 0 Å². The zero-order valence-electron chi connectivity index (χ0n) is 16.5. The van der Waals surface area contributed by atoms with Gasteiger partial charge < -0.3 is 19.3 Å². The van der Waals surface area contributed by atoms with Crippen LogP contribution in [-0.2, 0) is 16.0 Å². The van der Waals surface area contributed by atoms with E-state index in [1.54, 1.807) is 32.4 Å². The van der Waals surface area contributed by atoms with E-state index >= 15 is 0 Å². The highest BCUT2D eigenvalue weighted by atomic mass is 79.9. The van der Waals surface area contributed by atoms with Crippen LogP contribution >= 0.6 is 15.9 Å². The number of carbonyl (C=O) groups is 1. The lowest BCUT2D eigenvalue weighted by Gasteiger charge is -2.23. The number of methoxy groups -OCH3 is 2. The van der Waals surface area contributed by atoms with Crippen molar-refractivity contribution in [3.05, 3.63) is 63.3 Å². The van der Waals surface area contributed by atoms with Crippen molar-refractivity contribution in [1.29, 1.82) is 0 Å². The van der Waals surface area contributed by atoms with E-state index < -0.39 is 0 Å². The van der Waals surface area contributed by atoms with Crippen LogP contribution in [0.5, 0.6) is 11.5 Å². The zero-order valence-corrected chi connectivity index (χ0v) is 18.1. The Kier molecular flexibility index (Phi) is 7.44. The third-order valence-electron chi connectivity index (χ3n) is 4.67. The summed E-state index contributed by atoms with van der Waals surface area (Å²) in [5.74, 6) is 0.558. The Morgan fingerprint density at radius 1 is 1.14 bits per heavy atom. The van der Waals surface area contributed by atoms with Crippen molar-refractivity contribution >= 4 is 27.8 Å². The summed E-state index contributed by atoms with van der Waals surface area (Å²) in [5, 5.41) is 10.5. The van der Waals surface area contributed by atoms with Gasteiger partial charge in [0, 0.05) is 38.3 Å². The van der Waals surface area contributed by atoms with Crippen LogP contribution in [0.3, 0.4) is 0 Å². The van der Waals surface area contributed by atoms with Crippen molar-refractivity contribution in [3.63, 3.8) is 0 Å². The maximum Gasteiger partial charge on any atom is 0.231 e. The van der Waals surface area contributed by atoms with Gasteiger partial charge in [0.2, 0.25) is 5.78 Å². The number of rotatable bonds is 9. The number of allylic oxidation sites excluding steroid dienone is 1. The minimum absolute atomic E-state index is 0.0973. The summed E-state index contributed by atoms with van der Waals surface area (Å²) < 4.78 is 17.2. The lowest BCUT2D eigenvalue weighted by Crippen LogP contribution is -2.30. The van der Waals surface area contributed by atoms with Gasteiger partial charge in [0.1, 0.15) is 11.5 Å². The number of benzene rings is 2. The maximum absolute atomic E-state index is 12.8. The Morgan fingerprint density at radius 2 is 1.86 bits per heavy atom. The van der Waals surface area contributed by atoms with E-state index in [2.05, 4.69) is 20.8 Å². The molecule has 29 heavy (non-hydrogen) atoms. The number of ether oxygens (including phenoxy) is 3. The van der Waals surface area contributed by atoms with Gasteiger partial charge in [0.25, 0.3) is 0 Å². The number of hydrogen-bond acceptors (Lipinski definition) is 6. The Labute approximate surface area is 178 Å². The number of nitrogens with zero attached hydrogens (tertiary/aromatic N) is 1. The fraction of sp³-hybridized carbons (Fsp3) is 0.318. The summed E-state index contributed by atoms with van der Waals surface area (Å²) in [7, 11) is 3.29. The van der Waals surface area contributed by atoms with E-state index in [0.29, 0.717) is 49.7 Å². The number of halogens is 1. The standard InChI is InChI=1S/C22H24BrNO5/c1-27-10-8-24(9-11-28-2)14-18-19(25)7-6-17-21(26)20(29-22(17)18)13-15-4-3-5-16(23)12-15/h3-7,12-13,25H,8-11,14H2,1-2H3. The number of Topliss-reactive ketones (excluding diaryl/α,β-unsaturated/α-hetero) is 1. The Hall–Kier alpha value is -2.19. The van der Waals surface area contributed by atoms with E-state index in [-0.39, 0.29) is 17.3 Å². The molecule has 0 saturated heterocycles. The predicted octanol–water partition coefficient (Wildman–Crippen LogP) is 3.87. The van der Waals surface area contributed by atoms with Gasteiger partial charge in [0.05, 0.1) is 24.3 Å². The fourth-order valence-electron chi connectivity index (χ4n) is 3.13. The first-order chi connectivity index (χ1) is 14.0. The van der Waals surface area contributed by atoms with Crippen molar-refractivity contribution < 1.29 is 24.1 Å². The molecule has 3 rings (SSSR count). The number of ketones is 1. The molecule has 0 bridgehead atoms. The molecule has 0 spiro atoms. The monoisotopic (exact) mass is 461 g/mol. The second-order valence-corrected chi connectivity index (χ2v) is 7.61. The van der Waals surface area contributed by atoms with Gasteiger partial charge in [-0.2, -0.15) is 0 Å². The molecule has 2 aromatic rings. The fourth-order valence-corrected chi connectivity index (χ4v) is 3.55. The molecule has 0 amide bonds. The average Bonchev–Trinajstić information content (AvgIpc) is 3.01. The molecule has 6 nitrogen and oxygen atoms in total. The van der Waals surface area contributed by atoms with Crippen LogP contribution in [0.2, 0.25) is 0 Å². The van der Waals surface area contributed by atoms with E-state index in [4.69, 9.17) is 14.2 Å². The van der Waals surface area contributed by atoms with Crippen LogP contribution in [0.15, 0.2) is 46.6 Å². The molecule has 0 saturated carbocycles. The van der Waals surface area contributed by atoms with Crippen molar-refractivity contribution in [2.75, 3.05) is 40.5 Å². The van der Waals surface area contributed by atoms with Crippen LogP contribution in [0.4, 0.5) is 0 Å². The van der Waals surface area contributed by atoms with E-state index in [0.717, 1.165) is 10.0 Å². The first-order valence-electron chi connectivity index (χ1n) is 9.28. The molecule has 0 aliphatic carbocycles. The second kappa shape index (κ2) is 10.0. The molecule has 1 aliphatic heterocycles. The highest BCUT2D eigenvalue weighted by Gasteiger charge is 2.31. The summed E-state index contributed by atoms with van der Waals surface area (Å²) in [6.45, 7) is 2.84. The van der Waals surface area contributed by atoms with E-state index in [9.17, 15) is 9.90 Å². The van der Waals surface area contributed by atoms with E-state index in [1.165, 1.54) is 0 Å². The molecular weight excluding hydrogens is 438 g/mol. The van der Waals surface area contributed by atoms with Gasteiger partial charge in [-0.3, -0.25) is 9.69 Å². The minimum Gasteiger partial charge on any atom is -0.507 e. The first kappa shape index (κ1) is 21.5. The van der Waals surface area contributed by atoms with Crippen molar-refractivity contribution in [3.8, 4) is 11.5 Å². The molecule has 0 atom stereocenters. The Balaban J connectivity index is 1.89. The number of aromatic hydroxyl groups is 1. The average molecular weight is 462 g/mol. The van der Waals surface area contributed by atoms with Crippen molar-refractivity contribution in [2.24, 2.45) is 0 Å². The van der Waals surface area contributed by atoms with Crippen LogP contribution in [-0.4, -0.2) is 56.3 Å². The molecule has 7 heteroatoms. The SMILES string of the molecule is COCCN(CCOC)Cc1c(O)ccc2c1OC(=Cc1cccc(Br)c1)C2=O. The molecule has 1 heterocycles. The third kappa shape index (κ3) is 5.25. The van der Waals surface area contributed by atoms with Crippen LogP contribution in [0, 0.1) is 0 Å². The number of phenols is 1. The normalized spacial score (nSPS) is 14.5. The maximum atomic E-state index is 12.8. The number of carbonyl (C=O) groups excluding carboxylic acids is 1. The van der Waals surface area contributed by atoms with Gasteiger partial charge in [-0.05, 0) is 35.9 Å². The third-order valence-corrected chi connectivity index (χ3v) is 5.16. The Morgan fingerprint density at radius 3 is 2.52 bits per heavy atom. The molecule has 0 unspecified atom stereocenters. The Bertz CT molecular complexity index is 904. The molecule has 154 valence electrons. The molecule has 0 fully saturated rings. The van der Waals surface area contributed by atoms with Gasteiger partial charge >= 0.3 is 0 Å². The number of hydrogen-bond donors (Lipinski definition) is 1. The highest BCUT2D eigenvalue weighted by Crippen LogP contribution is 2.40. The molecular formula is C22H24BrNO5. The molecule has 2 aromatic carbocycles. The highest BCUT2D eigenvalue weighted by molar-refractivity contribution is 9.10. The number of phenolic OH excluding ortho intramolecular Hbond substituents is 1. The number of fused-ring (bicyclic) bond motifs is 1. The van der Waals surface area contributed by atoms with Gasteiger partial charge in [-0.1, -0.05) is 28.1 Å². The molecule has 1 aliphatic rings. The van der Waals surface area contributed by atoms with Crippen molar-refractivity contribution in [1.82, 2.24) is 4.90 Å². The van der Waals surface area contributed by atoms with Gasteiger partial charge in [0.15, 0.2) is 5.76 Å². The second-order valence-electron chi connectivity index (χ2n) is 6.70. The zero-order chi connectivity index (χ0) is 20.8. The quantitative estimate of drug-likeness (QED) is 0.571. The minimum atomic E-state index is -0.193. The smallest absolute Gasteiger partial charge is 0.231 e. The van der Waals surface area contributed by atoms with Crippen molar-refractivity contribution in [2.45, 2.75) is 6.54 Å². The molecule has 0 radical (unpaired) electrons. The topological polar surface area (TPSA) is 68.2 Å². The predicted molar refractivity (Wildman–Crippen MR) is 114 cm³/mol. The van der Waals surface area contributed by atoms with Gasteiger partial charge in [-0.25, -0.2) is 0 Å². The molecule has 1 N–H and O–H groups in total. The summed E-state index contributed by atoms with van der Waals surface area (Å²) >= 11 is 3.43. The first-order valence-corrected chi connectivity index (χ1v) is 10.1. The lowest BCUT2D eigenvalue weighted by molar-refractivity contribution is 0.101. The largest absolute Gasteiger partial charge is 0.507 e. The van der Waals surface area contributed by atoms with Crippen LogP contribution in [0.25, 0.3) is 6.08 Å². The lowest BCUT2D eigenvalue weighted by atomic mass is 10.0.